The van der Waals surface area contributed by atoms with E-state index < -0.39 is 0 Å². The Kier molecular flexibility index (Phi) is 2.45. The standard InChI is InChI=1S/C10H10ClN5O/c11-7-1-2-13-10(14-7)9-8(12)6-5-17-4-3-16(6)15-9/h1-2H,3-5,12H2. The highest BCUT2D eigenvalue weighted by Crippen LogP contribution is 2.27. The first-order valence-corrected chi connectivity index (χ1v) is 5.55. The van der Waals surface area contributed by atoms with Gasteiger partial charge < -0.3 is 10.5 Å². The van der Waals surface area contributed by atoms with Crippen LogP contribution in [0.3, 0.4) is 0 Å². The third kappa shape index (κ3) is 1.75. The molecule has 0 saturated carbocycles. The van der Waals surface area contributed by atoms with E-state index in [9.17, 15) is 0 Å². The van der Waals surface area contributed by atoms with Gasteiger partial charge in [0, 0.05) is 6.20 Å². The second-order valence-electron chi connectivity index (χ2n) is 3.69. The molecule has 3 heterocycles. The first-order chi connectivity index (χ1) is 8.25. The molecule has 0 saturated heterocycles. The maximum absolute atomic E-state index is 6.02. The van der Waals surface area contributed by atoms with Crippen molar-refractivity contribution in [3.8, 4) is 11.5 Å². The molecule has 0 bridgehead atoms. The van der Waals surface area contributed by atoms with Gasteiger partial charge in [-0.15, -0.1) is 0 Å². The molecule has 0 aliphatic carbocycles. The van der Waals surface area contributed by atoms with E-state index in [0.717, 1.165) is 5.69 Å². The summed E-state index contributed by atoms with van der Waals surface area (Å²) in [7, 11) is 0. The van der Waals surface area contributed by atoms with E-state index in [1.165, 1.54) is 0 Å². The van der Waals surface area contributed by atoms with Crippen LogP contribution in [-0.2, 0) is 17.9 Å². The predicted octanol–water partition coefficient (Wildman–Crippen LogP) is 1.11. The maximum atomic E-state index is 6.02. The number of anilines is 1. The lowest BCUT2D eigenvalue weighted by molar-refractivity contribution is 0.0806. The Labute approximate surface area is 102 Å². The molecule has 0 aromatic carbocycles. The number of aromatic nitrogens is 4. The van der Waals surface area contributed by atoms with Crippen LogP contribution in [-0.4, -0.2) is 26.4 Å². The lowest BCUT2D eigenvalue weighted by atomic mass is 10.2. The monoisotopic (exact) mass is 251 g/mol. The van der Waals surface area contributed by atoms with Gasteiger partial charge in [0.15, 0.2) is 11.5 Å². The third-order valence-electron chi connectivity index (χ3n) is 2.62. The van der Waals surface area contributed by atoms with E-state index >= 15 is 0 Å². The lowest BCUT2D eigenvalue weighted by Gasteiger charge is -2.13. The fraction of sp³-hybridized carbons (Fsp3) is 0.300. The number of hydrogen-bond acceptors (Lipinski definition) is 5. The molecule has 0 radical (unpaired) electrons. The van der Waals surface area contributed by atoms with E-state index in [1.54, 1.807) is 12.3 Å². The van der Waals surface area contributed by atoms with Crippen LogP contribution in [0.5, 0.6) is 0 Å². The zero-order valence-electron chi connectivity index (χ0n) is 8.93. The smallest absolute Gasteiger partial charge is 0.183 e. The minimum absolute atomic E-state index is 0.372. The molecule has 0 fully saturated rings. The number of fused-ring (bicyclic) bond motifs is 1. The summed E-state index contributed by atoms with van der Waals surface area (Å²) in [5.74, 6) is 0.442. The molecule has 0 amide bonds. The van der Waals surface area contributed by atoms with Crippen molar-refractivity contribution in [2.24, 2.45) is 0 Å². The average molecular weight is 252 g/mol. The minimum Gasteiger partial charge on any atom is -0.395 e. The van der Waals surface area contributed by atoms with Crippen LogP contribution in [0, 0.1) is 0 Å². The van der Waals surface area contributed by atoms with Crippen molar-refractivity contribution in [2.75, 3.05) is 12.3 Å². The second-order valence-corrected chi connectivity index (χ2v) is 4.07. The van der Waals surface area contributed by atoms with Crippen molar-refractivity contribution >= 4 is 17.3 Å². The maximum Gasteiger partial charge on any atom is 0.183 e. The number of ether oxygens (including phenoxy) is 1. The number of halogens is 1. The van der Waals surface area contributed by atoms with Crippen LogP contribution in [0.15, 0.2) is 12.3 Å². The Hall–Kier alpha value is -1.66. The quantitative estimate of drug-likeness (QED) is 0.768. The molecule has 3 rings (SSSR count). The summed E-state index contributed by atoms with van der Waals surface area (Å²) < 4.78 is 7.17. The molecule has 2 N–H and O–H groups in total. The molecule has 0 unspecified atom stereocenters. The summed E-state index contributed by atoms with van der Waals surface area (Å²) in [5, 5.41) is 4.76. The highest BCUT2D eigenvalue weighted by atomic mass is 35.5. The van der Waals surface area contributed by atoms with Gasteiger partial charge in [-0.05, 0) is 6.07 Å². The molecular formula is C10H10ClN5O. The van der Waals surface area contributed by atoms with E-state index in [1.807, 2.05) is 4.68 Å². The summed E-state index contributed by atoms with van der Waals surface area (Å²) in [6, 6.07) is 1.61. The van der Waals surface area contributed by atoms with Crippen molar-refractivity contribution in [1.29, 1.82) is 0 Å². The Bertz CT molecular complexity index is 568. The molecule has 1 aliphatic heterocycles. The van der Waals surface area contributed by atoms with Crippen LogP contribution in [0.25, 0.3) is 11.5 Å². The number of nitrogens with zero attached hydrogens (tertiary/aromatic N) is 4. The van der Waals surface area contributed by atoms with E-state index in [-0.39, 0.29) is 0 Å². The van der Waals surface area contributed by atoms with Crippen molar-refractivity contribution in [1.82, 2.24) is 19.7 Å². The average Bonchev–Trinajstić information content (AvgIpc) is 2.68. The van der Waals surface area contributed by atoms with Crippen LogP contribution < -0.4 is 5.73 Å². The molecule has 1 aliphatic rings. The summed E-state index contributed by atoms with van der Waals surface area (Å²) in [4.78, 5) is 8.23. The fourth-order valence-corrected chi connectivity index (χ4v) is 1.92. The number of nitrogen functional groups attached to an aromatic ring is 1. The Morgan fingerprint density at radius 1 is 1.47 bits per heavy atom. The Morgan fingerprint density at radius 3 is 3.12 bits per heavy atom. The highest BCUT2D eigenvalue weighted by molar-refractivity contribution is 6.29. The molecule has 2 aromatic rings. The van der Waals surface area contributed by atoms with Crippen LogP contribution >= 0.6 is 11.6 Å². The molecule has 6 nitrogen and oxygen atoms in total. The van der Waals surface area contributed by atoms with Crippen LogP contribution in [0.4, 0.5) is 5.69 Å². The molecule has 2 aromatic heterocycles. The van der Waals surface area contributed by atoms with Gasteiger partial charge in [-0.2, -0.15) is 5.10 Å². The molecule has 7 heteroatoms. The van der Waals surface area contributed by atoms with Gasteiger partial charge in [-0.1, -0.05) is 11.6 Å². The lowest BCUT2D eigenvalue weighted by Crippen LogP contribution is -2.17. The predicted molar refractivity (Wildman–Crippen MR) is 62.3 cm³/mol. The van der Waals surface area contributed by atoms with Gasteiger partial charge in [0.05, 0.1) is 31.1 Å². The fourth-order valence-electron chi connectivity index (χ4n) is 1.78. The first kappa shape index (κ1) is 10.5. The Balaban J connectivity index is 2.12. The largest absolute Gasteiger partial charge is 0.395 e. The number of hydrogen-bond donors (Lipinski definition) is 1. The normalized spacial score (nSPS) is 14.6. The number of nitrogens with two attached hydrogens (primary N) is 1. The summed E-state index contributed by atoms with van der Waals surface area (Å²) in [5.41, 5.74) is 8.01. The van der Waals surface area contributed by atoms with Crippen molar-refractivity contribution < 1.29 is 4.74 Å². The topological polar surface area (TPSA) is 78.9 Å². The van der Waals surface area contributed by atoms with Gasteiger partial charge in [0.2, 0.25) is 0 Å². The molecule has 17 heavy (non-hydrogen) atoms. The Morgan fingerprint density at radius 2 is 2.35 bits per heavy atom. The van der Waals surface area contributed by atoms with Gasteiger partial charge >= 0.3 is 0 Å². The van der Waals surface area contributed by atoms with Crippen molar-refractivity contribution in [3.05, 3.63) is 23.1 Å². The summed E-state index contributed by atoms with van der Waals surface area (Å²) in [6.07, 6.45) is 1.58. The van der Waals surface area contributed by atoms with Gasteiger partial charge in [-0.3, -0.25) is 4.68 Å². The molecular weight excluding hydrogens is 242 g/mol. The van der Waals surface area contributed by atoms with E-state index in [0.29, 0.717) is 42.1 Å². The highest BCUT2D eigenvalue weighted by Gasteiger charge is 2.21. The van der Waals surface area contributed by atoms with Gasteiger partial charge in [0.25, 0.3) is 0 Å². The molecule has 88 valence electrons. The second kappa shape index (κ2) is 3.97. The minimum atomic E-state index is 0.372. The van der Waals surface area contributed by atoms with Gasteiger partial charge in [0.1, 0.15) is 5.15 Å². The van der Waals surface area contributed by atoms with Crippen molar-refractivity contribution in [3.63, 3.8) is 0 Å². The molecule has 0 atom stereocenters. The first-order valence-electron chi connectivity index (χ1n) is 5.17. The van der Waals surface area contributed by atoms with E-state index in [4.69, 9.17) is 22.1 Å². The van der Waals surface area contributed by atoms with E-state index in [2.05, 4.69) is 15.1 Å². The number of rotatable bonds is 1. The van der Waals surface area contributed by atoms with Crippen molar-refractivity contribution in [2.45, 2.75) is 13.2 Å². The third-order valence-corrected chi connectivity index (χ3v) is 2.83. The zero-order valence-corrected chi connectivity index (χ0v) is 9.68. The summed E-state index contributed by atoms with van der Waals surface area (Å²) in [6.45, 7) is 1.81. The van der Waals surface area contributed by atoms with Crippen LogP contribution in [0.1, 0.15) is 5.69 Å². The van der Waals surface area contributed by atoms with Crippen LogP contribution in [0.2, 0.25) is 5.15 Å². The SMILES string of the molecule is Nc1c(-c2nccc(Cl)n2)nn2c1COCC2. The summed E-state index contributed by atoms with van der Waals surface area (Å²) >= 11 is 5.82. The molecule has 0 spiro atoms. The van der Waals surface area contributed by atoms with Gasteiger partial charge in [-0.25, -0.2) is 9.97 Å². The zero-order chi connectivity index (χ0) is 11.8.